The van der Waals surface area contributed by atoms with E-state index in [-0.39, 0.29) is 23.9 Å². The fourth-order valence-electron chi connectivity index (χ4n) is 3.06. The number of rotatable bonds is 3. The van der Waals surface area contributed by atoms with Crippen LogP contribution >= 0.6 is 12.4 Å². The lowest BCUT2D eigenvalue weighted by atomic mass is 10.1. The number of anilines is 1. The van der Waals surface area contributed by atoms with Crippen LogP contribution in [0.2, 0.25) is 0 Å². The van der Waals surface area contributed by atoms with E-state index < -0.39 is 11.7 Å². The lowest BCUT2D eigenvalue weighted by Gasteiger charge is -2.22. The molecule has 0 radical (unpaired) electrons. The molecule has 0 aromatic heterocycles. The standard InChI is InChI=1S/C20H22FN3O2.ClH/c1-14-6-4-8-16(20(26)24-12-5-10-22-11-13-24)18(14)23-19(25)15-7-2-3-9-17(15)21;/h2-4,6-9,22H,5,10-13H2,1H3,(H,23,25);1H. The van der Waals surface area contributed by atoms with Crippen LogP contribution in [-0.4, -0.2) is 42.9 Å². The van der Waals surface area contributed by atoms with Crippen LogP contribution in [0, 0.1) is 12.7 Å². The third-order valence-corrected chi connectivity index (χ3v) is 4.49. The molecule has 1 aliphatic heterocycles. The van der Waals surface area contributed by atoms with Crippen LogP contribution in [0.15, 0.2) is 42.5 Å². The molecule has 1 aliphatic rings. The Bertz CT molecular complexity index is 821. The van der Waals surface area contributed by atoms with Gasteiger partial charge in [-0.2, -0.15) is 0 Å². The third kappa shape index (κ3) is 4.84. The first kappa shape index (κ1) is 20.9. The van der Waals surface area contributed by atoms with Crippen LogP contribution in [0.4, 0.5) is 10.1 Å². The summed E-state index contributed by atoms with van der Waals surface area (Å²) >= 11 is 0. The minimum Gasteiger partial charge on any atom is -0.337 e. The summed E-state index contributed by atoms with van der Waals surface area (Å²) in [5, 5.41) is 5.99. The number of amides is 2. The van der Waals surface area contributed by atoms with Crippen LogP contribution in [0.1, 0.15) is 32.7 Å². The number of benzene rings is 2. The molecule has 3 rings (SSSR count). The first-order valence-corrected chi connectivity index (χ1v) is 8.73. The Labute approximate surface area is 164 Å². The summed E-state index contributed by atoms with van der Waals surface area (Å²) in [5.74, 6) is -1.28. The fourth-order valence-corrected chi connectivity index (χ4v) is 3.06. The van der Waals surface area contributed by atoms with Crippen molar-refractivity contribution < 1.29 is 14.0 Å². The second kappa shape index (κ2) is 9.48. The van der Waals surface area contributed by atoms with Gasteiger partial charge in [0.1, 0.15) is 5.82 Å². The topological polar surface area (TPSA) is 61.4 Å². The molecule has 2 aromatic rings. The first-order chi connectivity index (χ1) is 12.6. The van der Waals surface area contributed by atoms with Gasteiger partial charge in [-0.05, 0) is 43.7 Å². The molecular weight excluding hydrogens is 369 g/mol. The van der Waals surface area contributed by atoms with Gasteiger partial charge < -0.3 is 15.5 Å². The minimum absolute atomic E-state index is 0. The van der Waals surface area contributed by atoms with E-state index in [1.807, 2.05) is 13.0 Å². The van der Waals surface area contributed by atoms with Crippen LogP contribution in [-0.2, 0) is 0 Å². The molecule has 27 heavy (non-hydrogen) atoms. The van der Waals surface area contributed by atoms with Crippen molar-refractivity contribution >= 4 is 29.9 Å². The van der Waals surface area contributed by atoms with Crippen molar-refractivity contribution in [2.45, 2.75) is 13.3 Å². The van der Waals surface area contributed by atoms with Gasteiger partial charge in [-0.15, -0.1) is 12.4 Å². The van der Waals surface area contributed by atoms with Crippen molar-refractivity contribution in [3.05, 3.63) is 65.0 Å². The molecule has 1 fully saturated rings. The van der Waals surface area contributed by atoms with Crippen LogP contribution < -0.4 is 10.6 Å². The van der Waals surface area contributed by atoms with Crippen molar-refractivity contribution in [1.29, 1.82) is 0 Å². The molecule has 2 N–H and O–H groups in total. The van der Waals surface area contributed by atoms with Crippen LogP contribution in [0.25, 0.3) is 0 Å². The molecular formula is C20H23ClFN3O2. The summed E-state index contributed by atoms with van der Waals surface area (Å²) in [5.41, 5.74) is 1.57. The van der Waals surface area contributed by atoms with Crippen molar-refractivity contribution in [2.75, 3.05) is 31.5 Å². The average molecular weight is 392 g/mol. The smallest absolute Gasteiger partial charge is 0.258 e. The molecule has 2 aromatic carbocycles. The second-order valence-corrected chi connectivity index (χ2v) is 6.33. The Balaban J connectivity index is 0.00000261. The highest BCUT2D eigenvalue weighted by Gasteiger charge is 2.22. The number of halogens is 2. The largest absolute Gasteiger partial charge is 0.337 e. The molecule has 0 aliphatic carbocycles. The van der Waals surface area contributed by atoms with Gasteiger partial charge in [-0.3, -0.25) is 9.59 Å². The summed E-state index contributed by atoms with van der Waals surface area (Å²) in [7, 11) is 0. The molecule has 1 saturated heterocycles. The SMILES string of the molecule is Cc1cccc(C(=O)N2CCCNCC2)c1NC(=O)c1ccccc1F.Cl. The molecule has 0 bridgehead atoms. The number of para-hydroxylation sites is 1. The van der Waals surface area contributed by atoms with Crippen molar-refractivity contribution in [3.63, 3.8) is 0 Å². The first-order valence-electron chi connectivity index (χ1n) is 8.73. The Morgan fingerprint density at radius 1 is 1.04 bits per heavy atom. The molecule has 0 atom stereocenters. The lowest BCUT2D eigenvalue weighted by molar-refractivity contribution is 0.0767. The van der Waals surface area contributed by atoms with Gasteiger partial charge in [0.15, 0.2) is 0 Å². The monoisotopic (exact) mass is 391 g/mol. The molecule has 144 valence electrons. The van der Waals surface area contributed by atoms with E-state index >= 15 is 0 Å². The van der Waals surface area contributed by atoms with Gasteiger partial charge in [0.2, 0.25) is 0 Å². The van der Waals surface area contributed by atoms with Crippen LogP contribution in [0.3, 0.4) is 0 Å². The number of hydrogen-bond donors (Lipinski definition) is 2. The zero-order valence-electron chi connectivity index (χ0n) is 15.1. The van der Waals surface area contributed by atoms with Crippen molar-refractivity contribution in [2.24, 2.45) is 0 Å². The van der Waals surface area contributed by atoms with E-state index in [2.05, 4.69) is 10.6 Å². The normalized spacial score (nSPS) is 14.1. The molecule has 0 unspecified atom stereocenters. The minimum atomic E-state index is -0.593. The van der Waals surface area contributed by atoms with E-state index in [1.54, 1.807) is 23.1 Å². The average Bonchev–Trinajstić information content (AvgIpc) is 2.92. The predicted octanol–water partition coefficient (Wildman–Crippen LogP) is 3.24. The van der Waals surface area contributed by atoms with E-state index in [1.165, 1.54) is 18.2 Å². The Morgan fingerprint density at radius 3 is 2.56 bits per heavy atom. The molecule has 5 nitrogen and oxygen atoms in total. The highest BCUT2D eigenvalue weighted by molar-refractivity contribution is 6.09. The molecule has 2 amide bonds. The highest BCUT2D eigenvalue weighted by atomic mass is 35.5. The summed E-state index contributed by atoms with van der Waals surface area (Å²) in [6.07, 6.45) is 0.883. The van der Waals surface area contributed by atoms with Gasteiger partial charge in [0.25, 0.3) is 11.8 Å². The Kier molecular flexibility index (Phi) is 7.33. The van der Waals surface area contributed by atoms with E-state index in [0.29, 0.717) is 24.3 Å². The van der Waals surface area contributed by atoms with E-state index in [9.17, 15) is 14.0 Å². The van der Waals surface area contributed by atoms with Crippen LogP contribution in [0.5, 0.6) is 0 Å². The summed E-state index contributed by atoms with van der Waals surface area (Å²) in [4.78, 5) is 27.3. The number of carbonyl (C=O) groups is 2. The number of carbonyl (C=O) groups excluding carboxylic acids is 2. The maximum atomic E-state index is 13.9. The molecule has 1 heterocycles. The Hall–Kier alpha value is -2.44. The van der Waals surface area contributed by atoms with E-state index in [0.717, 1.165) is 25.1 Å². The number of aryl methyl sites for hydroxylation is 1. The Morgan fingerprint density at radius 2 is 1.78 bits per heavy atom. The summed E-state index contributed by atoms with van der Waals surface area (Å²) < 4.78 is 13.9. The highest BCUT2D eigenvalue weighted by Crippen LogP contribution is 2.24. The fraction of sp³-hybridized carbons (Fsp3) is 0.300. The summed E-state index contributed by atoms with van der Waals surface area (Å²) in [6, 6.07) is 11.1. The second-order valence-electron chi connectivity index (χ2n) is 6.33. The number of nitrogens with one attached hydrogen (secondary N) is 2. The van der Waals surface area contributed by atoms with Crippen molar-refractivity contribution in [1.82, 2.24) is 10.2 Å². The number of hydrogen-bond acceptors (Lipinski definition) is 3. The number of nitrogens with zero attached hydrogens (tertiary/aromatic N) is 1. The van der Waals surface area contributed by atoms with Crippen molar-refractivity contribution in [3.8, 4) is 0 Å². The maximum absolute atomic E-state index is 13.9. The lowest BCUT2D eigenvalue weighted by Crippen LogP contribution is -2.35. The molecule has 0 spiro atoms. The van der Waals surface area contributed by atoms with Gasteiger partial charge in [-0.1, -0.05) is 24.3 Å². The predicted molar refractivity (Wildman–Crippen MR) is 106 cm³/mol. The maximum Gasteiger partial charge on any atom is 0.258 e. The van der Waals surface area contributed by atoms with E-state index in [4.69, 9.17) is 0 Å². The molecule has 7 heteroatoms. The quantitative estimate of drug-likeness (QED) is 0.844. The summed E-state index contributed by atoms with van der Waals surface area (Å²) in [6.45, 7) is 4.73. The van der Waals surface area contributed by atoms with Gasteiger partial charge in [-0.25, -0.2) is 4.39 Å². The van der Waals surface area contributed by atoms with Gasteiger partial charge in [0, 0.05) is 19.6 Å². The molecule has 0 saturated carbocycles. The van der Waals surface area contributed by atoms with Gasteiger partial charge in [0.05, 0.1) is 16.8 Å². The zero-order valence-corrected chi connectivity index (χ0v) is 15.9. The zero-order chi connectivity index (χ0) is 18.5. The third-order valence-electron chi connectivity index (χ3n) is 4.49. The van der Waals surface area contributed by atoms with Gasteiger partial charge >= 0.3 is 0 Å².